The first-order valence-corrected chi connectivity index (χ1v) is 9.14. The van der Waals surface area contributed by atoms with Gasteiger partial charge >= 0.3 is 0 Å². The number of fused-ring (bicyclic) bond motifs is 1. The van der Waals surface area contributed by atoms with Crippen LogP contribution in [-0.4, -0.2) is 49.7 Å². The lowest BCUT2D eigenvalue weighted by Gasteiger charge is -2.23. The molecule has 3 fully saturated rings. The fourth-order valence-electron chi connectivity index (χ4n) is 4.11. The van der Waals surface area contributed by atoms with Gasteiger partial charge in [0.05, 0.1) is 18.3 Å². The molecule has 1 saturated carbocycles. The summed E-state index contributed by atoms with van der Waals surface area (Å²) in [5.41, 5.74) is 1.29. The molecule has 0 aromatic heterocycles. The zero-order valence-corrected chi connectivity index (χ0v) is 14.0. The molecule has 4 aliphatic rings. The van der Waals surface area contributed by atoms with Gasteiger partial charge in [-0.3, -0.25) is 4.90 Å². The second-order valence-corrected chi connectivity index (χ2v) is 7.75. The normalized spacial score (nSPS) is 32.1. The van der Waals surface area contributed by atoms with Crippen LogP contribution in [0.1, 0.15) is 31.2 Å². The molecule has 2 saturated heterocycles. The van der Waals surface area contributed by atoms with Gasteiger partial charge in [-0.1, -0.05) is 6.07 Å². The van der Waals surface area contributed by atoms with Crippen molar-refractivity contribution < 1.29 is 18.9 Å². The van der Waals surface area contributed by atoms with Crippen LogP contribution in [0.4, 0.5) is 0 Å². The average Bonchev–Trinajstić information content (AvgIpc) is 2.99. The Morgan fingerprint density at radius 2 is 2.12 bits per heavy atom. The van der Waals surface area contributed by atoms with Gasteiger partial charge in [-0.25, -0.2) is 0 Å². The molecule has 0 bridgehead atoms. The molecular formula is C19H25NO4. The molecule has 5 rings (SSSR count). The van der Waals surface area contributed by atoms with E-state index in [4.69, 9.17) is 18.9 Å². The molecule has 2 atom stereocenters. The van der Waals surface area contributed by atoms with Crippen LogP contribution >= 0.6 is 0 Å². The third-order valence-corrected chi connectivity index (χ3v) is 5.68. The fourth-order valence-corrected chi connectivity index (χ4v) is 4.11. The van der Waals surface area contributed by atoms with E-state index in [0.29, 0.717) is 12.9 Å². The summed E-state index contributed by atoms with van der Waals surface area (Å²) >= 11 is 0. The van der Waals surface area contributed by atoms with Gasteiger partial charge in [-0.15, -0.1) is 0 Å². The standard InChI is InChI=1S/C19H25NO4/c1-2-14(1)10-21-16-8-19(24-11-16)5-6-20(12-19)9-15-3-4-17-18(7-15)23-13-22-17/h3-4,7,14,16H,1-2,5-6,8-13H2/t16-,19-/m0/s1. The maximum atomic E-state index is 6.20. The molecule has 3 heterocycles. The largest absolute Gasteiger partial charge is 0.454 e. The Balaban J connectivity index is 1.17. The molecular weight excluding hydrogens is 306 g/mol. The number of benzene rings is 1. The SMILES string of the molecule is c1cc2c(cc1CN1CC[C@]3(C[C@H](OCC4CC4)CO3)C1)OCO2. The van der Waals surface area contributed by atoms with Gasteiger partial charge in [0.2, 0.25) is 6.79 Å². The maximum Gasteiger partial charge on any atom is 0.231 e. The Hall–Kier alpha value is -1.30. The van der Waals surface area contributed by atoms with Crippen LogP contribution in [0.5, 0.6) is 11.5 Å². The van der Waals surface area contributed by atoms with Crippen LogP contribution in [0, 0.1) is 5.92 Å². The predicted molar refractivity (Wildman–Crippen MR) is 88.2 cm³/mol. The smallest absolute Gasteiger partial charge is 0.231 e. The van der Waals surface area contributed by atoms with E-state index in [1.807, 2.05) is 6.07 Å². The minimum atomic E-state index is 0.0184. The summed E-state index contributed by atoms with van der Waals surface area (Å²) in [7, 11) is 0. The van der Waals surface area contributed by atoms with Crippen LogP contribution < -0.4 is 9.47 Å². The van der Waals surface area contributed by atoms with Crippen LogP contribution in [0.3, 0.4) is 0 Å². The second kappa shape index (κ2) is 5.90. The Labute approximate surface area is 142 Å². The molecule has 130 valence electrons. The summed E-state index contributed by atoms with van der Waals surface area (Å²) in [6.45, 7) is 5.07. The molecule has 0 radical (unpaired) electrons. The van der Waals surface area contributed by atoms with E-state index < -0.39 is 0 Å². The molecule has 0 amide bonds. The fraction of sp³-hybridized carbons (Fsp3) is 0.684. The molecule has 0 unspecified atom stereocenters. The molecule has 3 aliphatic heterocycles. The topological polar surface area (TPSA) is 40.2 Å². The van der Waals surface area contributed by atoms with Crippen molar-refractivity contribution >= 4 is 0 Å². The molecule has 1 aromatic carbocycles. The molecule has 1 spiro atoms. The van der Waals surface area contributed by atoms with Crippen LogP contribution in [0.15, 0.2) is 18.2 Å². The van der Waals surface area contributed by atoms with Gasteiger partial charge in [-0.05, 0) is 42.9 Å². The minimum Gasteiger partial charge on any atom is -0.454 e. The highest BCUT2D eigenvalue weighted by molar-refractivity contribution is 5.44. The average molecular weight is 331 g/mol. The number of hydrogen-bond acceptors (Lipinski definition) is 5. The highest BCUT2D eigenvalue weighted by atomic mass is 16.7. The third-order valence-electron chi connectivity index (χ3n) is 5.68. The van der Waals surface area contributed by atoms with Crippen molar-refractivity contribution in [1.82, 2.24) is 4.90 Å². The third kappa shape index (κ3) is 3.01. The molecule has 1 aromatic rings. The summed E-state index contributed by atoms with van der Waals surface area (Å²) in [5.74, 6) is 2.55. The lowest BCUT2D eigenvalue weighted by molar-refractivity contribution is 0.000854. The second-order valence-electron chi connectivity index (χ2n) is 7.75. The van der Waals surface area contributed by atoms with E-state index in [-0.39, 0.29) is 5.60 Å². The van der Waals surface area contributed by atoms with Crippen molar-refractivity contribution in [2.75, 3.05) is 33.1 Å². The molecule has 5 nitrogen and oxygen atoms in total. The Kier molecular flexibility index (Phi) is 3.69. The van der Waals surface area contributed by atoms with Gasteiger partial charge < -0.3 is 18.9 Å². The summed E-state index contributed by atoms with van der Waals surface area (Å²) in [5, 5.41) is 0. The van der Waals surface area contributed by atoms with Gasteiger partial charge in [-0.2, -0.15) is 0 Å². The monoisotopic (exact) mass is 331 g/mol. The first kappa shape index (κ1) is 15.0. The number of nitrogens with zero attached hydrogens (tertiary/aromatic N) is 1. The van der Waals surface area contributed by atoms with E-state index in [2.05, 4.69) is 17.0 Å². The Morgan fingerprint density at radius 3 is 3.04 bits per heavy atom. The van der Waals surface area contributed by atoms with Crippen LogP contribution in [-0.2, 0) is 16.0 Å². The van der Waals surface area contributed by atoms with E-state index in [9.17, 15) is 0 Å². The van der Waals surface area contributed by atoms with Gasteiger partial charge in [0.15, 0.2) is 11.5 Å². The summed E-state index contributed by atoms with van der Waals surface area (Å²) < 4.78 is 23.1. The number of likely N-dealkylation sites (tertiary alicyclic amines) is 1. The van der Waals surface area contributed by atoms with Gasteiger partial charge in [0.1, 0.15) is 0 Å². The lowest BCUT2D eigenvalue weighted by Crippen LogP contribution is -2.33. The first-order chi connectivity index (χ1) is 11.8. The number of hydrogen-bond donors (Lipinski definition) is 0. The lowest BCUT2D eigenvalue weighted by atomic mass is 9.98. The minimum absolute atomic E-state index is 0.0184. The highest BCUT2D eigenvalue weighted by Crippen LogP contribution is 2.39. The van der Waals surface area contributed by atoms with Crippen molar-refractivity contribution in [3.05, 3.63) is 23.8 Å². The number of rotatable bonds is 5. The summed E-state index contributed by atoms with van der Waals surface area (Å²) in [6.07, 6.45) is 5.17. The molecule has 24 heavy (non-hydrogen) atoms. The molecule has 1 aliphatic carbocycles. The van der Waals surface area contributed by atoms with E-state index in [1.165, 1.54) is 18.4 Å². The Bertz CT molecular complexity index is 617. The zero-order chi connectivity index (χ0) is 16.0. The number of ether oxygens (including phenoxy) is 4. The quantitative estimate of drug-likeness (QED) is 0.829. The van der Waals surface area contributed by atoms with E-state index in [1.54, 1.807) is 0 Å². The van der Waals surface area contributed by atoms with Crippen LogP contribution in [0.25, 0.3) is 0 Å². The van der Waals surface area contributed by atoms with E-state index in [0.717, 1.165) is 63.1 Å². The van der Waals surface area contributed by atoms with Gasteiger partial charge in [0.25, 0.3) is 0 Å². The zero-order valence-electron chi connectivity index (χ0n) is 14.0. The highest BCUT2D eigenvalue weighted by Gasteiger charge is 2.46. The van der Waals surface area contributed by atoms with Crippen LogP contribution in [0.2, 0.25) is 0 Å². The van der Waals surface area contributed by atoms with Gasteiger partial charge in [0, 0.05) is 32.7 Å². The molecule has 0 N–H and O–H groups in total. The van der Waals surface area contributed by atoms with E-state index >= 15 is 0 Å². The van der Waals surface area contributed by atoms with Crippen molar-refractivity contribution in [3.63, 3.8) is 0 Å². The Morgan fingerprint density at radius 1 is 1.21 bits per heavy atom. The van der Waals surface area contributed by atoms with Crippen molar-refractivity contribution in [2.45, 2.75) is 43.9 Å². The first-order valence-electron chi connectivity index (χ1n) is 9.14. The molecule has 5 heteroatoms. The van der Waals surface area contributed by atoms with Crippen molar-refractivity contribution in [2.24, 2.45) is 5.92 Å². The summed E-state index contributed by atoms with van der Waals surface area (Å²) in [4.78, 5) is 2.49. The van der Waals surface area contributed by atoms with Crippen molar-refractivity contribution in [1.29, 1.82) is 0 Å². The summed E-state index contributed by atoms with van der Waals surface area (Å²) in [6, 6.07) is 6.25. The predicted octanol–water partition coefficient (Wildman–Crippen LogP) is 2.58. The van der Waals surface area contributed by atoms with Crippen molar-refractivity contribution in [3.8, 4) is 11.5 Å². The maximum absolute atomic E-state index is 6.20.